The van der Waals surface area contributed by atoms with Crippen LogP contribution in [0.15, 0.2) is 27.6 Å². The summed E-state index contributed by atoms with van der Waals surface area (Å²) in [6, 6.07) is 5.31. The van der Waals surface area contributed by atoms with Gasteiger partial charge < -0.3 is 5.32 Å². The molecule has 0 saturated carbocycles. The van der Waals surface area contributed by atoms with Crippen molar-refractivity contribution in [1.29, 1.82) is 0 Å². The standard InChI is InChI=1S/C12H17BrN2O2S/c1-9-3-4-12(11(13)7-9)18(16,17)15-6-5-14-8-10(15)2/h3-4,7,10,14H,5-6,8H2,1-2H3/t10-/m1/s1. The number of halogens is 1. The molecule has 0 radical (unpaired) electrons. The van der Waals surface area contributed by atoms with Crippen molar-refractivity contribution in [2.24, 2.45) is 0 Å². The maximum absolute atomic E-state index is 12.6. The third-order valence-electron chi connectivity index (χ3n) is 3.11. The Morgan fingerprint density at radius 2 is 2.17 bits per heavy atom. The van der Waals surface area contributed by atoms with Gasteiger partial charge in [0, 0.05) is 30.1 Å². The molecule has 1 aliphatic heterocycles. The van der Waals surface area contributed by atoms with Gasteiger partial charge in [0.15, 0.2) is 0 Å². The van der Waals surface area contributed by atoms with Crippen molar-refractivity contribution < 1.29 is 8.42 Å². The Kier molecular flexibility index (Phi) is 4.11. The van der Waals surface area contributed by atoms with E-state index < -0.39 is 10.0 Å². The number of nitrogens with one attached hydrogen (secondary N) is 1. The predicted octanol–water partition coefficient (Wildman–Crippen LogP) is 1.74. The fourth-order valence-electron chi connectivity index (χ4n) is 2.12. The normalized spacial score (nSPS) is 22.1. The second-order valence-electron chi connectivity index (χ2n) is 4.60. The number of piperazine rings is 1. The van der Waals surface area contributed by atoms with E-state index in [1.807, 2.05) is 26.0 Å². The van der Waals surface area contributed by atoms with E-state index in [0.717, 1.165) is 5.56 Å². The highest BCUT2D eigenvalue weighted by Crippen LogP contribution is 2.27. The van der Waals surface area contributed by atoms with Crippen LogP contribution in [0, 0.1) is 6.92 Å². The largest absolute Gasteiger partial charge is 0.314 e. The van der Waals surface area contributed by atoms with Gasteiger partial charge in [0.05, 0.1) is 4.90 Å². The Morgan fingerprint density at radius 1 is 1.44 bits per heavy atom. The fourth-order valence-corrected chi connectivity index (χ4v) is 4.91. The van der Waals surface area contributed by atoms with Crippen LogP contribution in [-0.2, 0) is 10.0 Å². The van der Waals surface area contributed by atoms with E-state index in [2.05, 4.69) is 21.2 Å². The minimum absolute atomic E-state index is 0.0167. The quantitative estimate of drug-likeness (QED) is 0.897. The molecule has 2 rings (SSSR count). The maximum Gasteiger partial charge on any atom is 0.244 e. The lowest BCUT2D eigenvalue weighted by Crippen LogP contribution is -2.52. The average Bonchev–Trinajstić information content (AvgIpc) is 2.28. The SMILES string of the molecule is Cc1ccc(S(=O)(=O)N2CCNC[C@H]2C)c(Br)c1. The lowest BCUT2D eigenvalue weighted by Gasteiger charge is -2.33. The van der Waals surface area contributed by atoms with Crippen LogP contribution >= 0.6 is 15.9 Å². The molecule has 0 aromatic heterocycles. The third-order valence-corrected chi connectivity index (χ3v) is 6.10. The molecule has 1 aromatic carbocycles. The highest BCUT2D eigenvalue weighted by molar-refractivity contribution is 9.10. The summed E-state index contributed by atoms with van der Waals surface area (Å²) in [5, 5.41) is 3.19. The summed E-state index contributed by atoms with van der Waals surface area (Å²) in [6.07, 6.45) is 0. The summed E-state index contributed by atoms with van der Waals surface area (Å²) in [5.41, 5.74) is 1.04. The molecule has 0 bridgehead atoms. The van der Waals surface area contributed by atoms with Crippen LogP contribution in [0.4, 0.5) is 0 Å². The summed E-state index contributed by atoms with van der Waals surface area (Å²) in [6.45, 7) is 5.78. The molecule has 0 amide bonds. The highest BCUT2D eigenvalue weighted by atomic mass is 79.9. The first-order valence-electron chi connectivity index (χ1n) is 5.91. The van der Waals surface area contributed by atoms with Crippen molar-refractivity contribution in [3.8, 4) is 0 Å². The molecule has 18 heavy (non-hydrogen) atoms. The van der Waals surface area contributed by atoms with Gasteiger partial charge in [-0.05, 0) is 47.5 Å². The van der Waals surface area contributed by atoms with Crippen LogP contribution in [0.3, 0.4) is 0 Å². The smallest absolute Gasteiger partial charge is 0.244 e. The number of hydrogen-bond donors (Lipinski definition) is 1. The molecule has 6 heteroatoms. The average molecular weight is 333 g/mol. The second-order valence-corrected chi connectivity index (χ2v) is 7.32. The number of aryl methyl sites for hydroxylation is 1. The Labute approximate surface area is 117 Å². The molecule has 1 N–H and O–H groups in total. The van der Waals surface area contributed by atoms with Crippen molar-refractivity contribution in [1.82, 2.24) is 9.62 Å². The van der Waals surface area contributed by atoms with Gasteiger partial charge in [-0.25, -0.2) is 8.42 Å². The second kappa shape index (κ2) is 5.28. The van der Waals surface area contributed by atoms with Crippen LogP contribution in [0.1, 0.15) is 12.5 Å². The van der Waals surface area contributed by atoms with Crippen molar-refractivity contribution in [2.75, 3.05) is 19.6 Å². The van der Waals surface area contributed by atoms with E-state index in [1.165, 1.54) is 0 Å². The molecular formula is C12H17BrN2O2S. The van der Waals surface area contributed by atoms with Gasteiger partial charge in [-0.15, -0.1) is 0 Å². The van der Waals surface area contributed by atoms with Crippen LogP contribution in [0.2, 0.25) is 0 Å². The van der Waals surface area contributed by atoms with E-state index >= 15 is 0 Å². The van der Waals surface area contributed by atoms with Gasteiger partial charge in [-0.1, -0.05) is 6.07 Å². The lowest BCUT2D eigenvalue weighted by molar-refractivity contribution is 0.283. The summed E-state index contributed by atoms with van der Waals surface area (Å²) >= 11 is 3.35. The van der Waals surface area contributed by atoms with Gasteiger partial charge >= 0.3 is 0 Å². The van der Waals surface area contributed by atoms with Gasteiger partial charge in [0.2, 0.25) is 10.0 Å². The Morgan fingerprint density at radius 3 is 2.78 bits per heavy atom. The van der Waals surface area contributed by atoms with Crippen molar-refractivity contribution in [3.05, 3.63) is 28.2 Å². The van der Waals surface area contributed by atoms with Crippen LogP contribution in [-0.4, -0.2) is 38.4 Å². The number of nitrogens with zero attached hydrogens (tertiary/aromatic N) is 1. The number of sulfonamides is 1. The molecular weight excluding hydrogens is 316 g/mol. The van der Waals surface area contributed by atoms with Crippen molar-refractivity contribution in [3.63, 3.8) is 0 Å². The van der Waals surface area contributed by atoms with Gasteiger partial charge in [0.1, 0.15) is 0 Å². The van der Waals surface area contributed by atoms with E-state index in [9.17, 15) is 8.42 Å². The molecule has 4 nitrogen and oxygen atoms in total. The van der Waals surface area contributed by atoms with Crippen LogP contribution in [0.25, 0.3) is 0 Å². The molecule has 1 fully saturated rings. The molecule has 1 saturated heterocycles. The number of rotatable bonds is 2. The molecule has 0 unspecified atom stereocenters. The van der Waals surface area contributed by atoms with E-state index in [4.69, 9.17) is 0 Å². The van der Waals surface area contributed by atoms with E-state index in [-0.39, 0.29) is 6.04 Å². The monoisotopic (exact) mass is 332 g/mol. The molecule has 100 valence electrons. The number of hydrogen-bond acceptors (Lipinski definition) is 3. The van der Waals surface area contributed by atoms with Crippen LogP contribution in [0.5, 0.6) is 0 Å². The molecule has 1 atom stereocenters. The molecule has 1 aliphatic rings. The molecule has 1 aromatic rings. The fraction of sp³-hybridized carbons (Fsp3) is 0.500. The highest BCUT2D eigenvalue weighted by Gasteiger charge is 2.32. The Hall–Kier alpha value is -0.430. The van der Waals surface area contributed by atoms with E-state index in [1.54, 1.807) is 10.4 Å². The minimum Gasteiger partial charge on any atom is -0.314 e. The summed E-state index contributed by atoms with van der Waals surface area (Å²) in [5.74, 6) is 0. The zero-order valence-corrected chi connectivity index (χ0v) is 12.9. The van der Waals surface area contributed by atoms with Crippen LogP contribution < -0.4 is 5.32 Å². The molecule has 0 spiro atoms. The van der Waals surface area contributed by atoms with Gasteiger partial charge in [-0.2, -0.15) is 4.31 Å². The van der Waals surface area contributed by atoms with Gasteiger partial charge in [-0.3, -0.25) is 0 Å². The van der Waals surface area contributed by atoms with Crippen molar-refractivity contribution in [2.45, 2.75) is 24.8 Å². The predicted molar refractivity (Wildman–Crippen MR) is 75.1 cm³/mol. The van der Waals surface area contributed by atoms with E-state index in [0.29, 0.717) is 29.0 Å². The first-order chi connectivity index (χ1) is 8.43. The molecule has 0 aliphatic carbocycles. The first-order valence-corrected chi connectivity index (χ1v) is 8.15. The first kappa shape index (κ1) is 14.0. The zero-order chi connectivity index (χ0) is 13.3. The zero-order valence-electron chi connectivity index (χ0n) is 10.5. The third kappa shape index (κ3) is 2.61. The maximum atomic E-state index is 12.6. The van der Waals surface area contributed by atoms with Gasteiger partial charge in [0.25, 0.3) is 0 Å². The summed E-state index contributed by atoms with van der Waals surface area (Å²) in [4.78, 5) is 0.349. The molecule has 1 heterocycles. The lowest BCUT2D eigenvalue weighted by atomic mass is 10.2. The Balaban J connectivity index is 2.41. The number of benzene rings is 1. The minimum atomic E-state index is -3.41. The summed E-state index contributed by atoms with van der Waals surface area (Å²) in [7, 11) is -3.41. The summed E-state index contributed by atoms with van der Waals surface area (Å²) < 4.78 is 27.4. The Bertz CT molecular complexity index is 545. The van der Waals surface area contributed by atoms with Crippen molar-refractivity contribution >= 4 is 26.0 Å². The topological polar surface area (TPSA) is 49.4 Å².